The Balaban J connectivity index is 0.000000371. The fourth-order valence-corrected chi connectivity index (χ4v) is 1.20. The van der Waals surface area contributed by atoms with Crippen molar-refractivity contribution in [3.05, 3.63) is 15.9 Å². The van der Waals surface area contributed by atoms with E-state index in [4.69, 9.17) is 5.41 Å². The maximum absolute atomic E-state index is 7.22. The molecule has 2 nitrogen and oxygen atoms in total. The largest absolute Gasteiger partial charge is 0.325 e. The van der Waals surface area contributed by atoms with Crippen LogP contribution in [0.4, 0.5) is 0 Å². The molecule has 1 rings (SSSR count). The van der Waals surface area contributed by atoms with Gasteiger partial charge in [-0.25, -0.2) is 0 Å². The molecule has 1 N–H and O–H groups in total. The molecule has 1 aromatic rings. The van der Waals surface area contributed by atoms with E-state index in [1.54, 1.807) is 0 Å². The molecule has 1 heterocycles. The highest BCUT2D eigenvalue weighted by Crippen LogP contribution is 1.94. The highest BCUT2D eigenvalue weighted by atomic mass is 32.1. The third-order valence-electron chi connectivity index (χ3n) is 1.17. The van der Waals surface area contributed by atoms with Gasteiger partial charge in [-0.05, 0) is 6.92 Å². The Labute approximate surface area is 65.7 Å². The van der Waals surface area contributed by atoms with Gasteiger partial charge >= 0.3 is 0 Å². The highest BCUT2D eigenvalue weighted by Gasteiger charge is 1.89. The van der Waals surface area contributed by atoms with Crippen LogP contribution in [0.3, 0.4) is 0 Å². The minimum Gasteiger partial charge on any atom is -0.325 e. The first kappa shape index (κ1) is 9.43. The van der Waals surface area contributed by atoms with E-state index >= 15 is 0 Å². The van der Waals surface area contributed by atoms with Crippen LogP contribution in [0, 0.1) is 12.3 Å². The van der Waals surface area contributed by atoms with Crippen LogP contribution in [0.25, 0.3) is 0 Å². The van der Waals surface area contributed by atoms with Gasteiger partial charge in [0.2, 0.25) is 0 Å². The van der Waals surface area contributed by atoms with Crippen LogP contribution in [-0.4, -0.2) is 4.57 Å². The highest BCUT2D eigenvalue weighted by molar-refractivity contribution is 7.07. The quantitative estimate of drug-likeness (QED) is 0.597. The lowest BCUT2D eigenvalue weighted by molar-refractivity contribution is 0.821. The molecule has 1 aromatic heterocycles. The molecule has 0 unspecified atom stereocenters. The summed E-state index contributed by atoms with van der Waals surface area (Å²) in [5.74, 6) is 0. The fraction of sp³-hybridized carbons (Fsp3) is 0.571. The maximum Gasteiger partial charge on any atom is 0.181 e. The number of hydrogen-bond acceptors (Lipinski definition) is 2. The van der Waals surface area contributed by atoms with Gasteiger partial charge in [0.15, 0.2) is 4.80 Å². The van der Waals surface area contributed by atoms with Gasteiger partial charge < -0.3 is 4.57 Å². The number of thiazole rings is 1. The van der Waals surface area contributed by atoms with Crippen molar-refractivity contribution in [3.8, 4) is 0 Å². The maximum atomic E-state index is 7.22. The Morgan fingerprint density at radius 3 is 2.10 bits per heavy atom. The Bertz CT molecular complexity index is 234. The van der Waals surface area contributed by atoms with E-state index in [1.165, 1.54) is 11.3 Å². The summed E-state index contributed by atoms with van der Waals surface area (Å²) >= 11 is 1.46. The summed E-state index contributed by atoms with van der Waals surface area (Å²) in [5.41, 5.74) is 1.15. The summed E-state index contributed by atoms with van der Waals surface area (Å²) in [6.07, 6.45) is 0. The molecule has 0 spiro atoms. The van der Waals surface area contributed by atoms with Gasteiger partial charge in [0, 0.05) is 18.1 Å². The van der Waals surface area contributed by atoms with Crippen LogP contribution in [0.1, 0.15) is 19.5 Å². The predicted octanol–water partition coefficient (Wildman–Crippen LogP) is 1.90. The zero-order valence-electron chi connectivity index (χ0n) is 6.93. The van der Waals surface area contributed by atoms with E-state index in [-0.39, 0.29) is 0 Å². The molecular weight excluding hydrogens is 144 g/mol. The first-order valence-electron chi connectivity index (χ1n) is 3.37. The van der Waals surface area contributed by atoms with Crippen LogP contribution in [0.15, 0.2) is 5.38 Å². The van der Waals surface area contributed by atoms with Gasteiger partial charge in [-0.1, -0.05) is 13.8 Å². The molecular formula is C7H14N2S. The molecule has 0 radical (unpaired) electrons. The second kappa shape index (κ2) is 4.28. The zero-order chi connectivity index (χ0) is 8.15. The lowest BCUT2D eigenvalue weighted by Gasteiger charge is -1.89. The first-order chi connectivity index (χ1) is 4.72. The van der Waals surface area contributed by atoms with E-state index in [9.17, 15) is 0 Å². The molecule has 0 aliphatic rings. The predicted molar refractivity (Wildman–Crippen MR) is 45.2 cm³/mol. The molecule has 0 bridgehead atoms. The van der Waals surface area contributed by atoms with Gasteiger partial charge in [0.1, 0.15) is 0 Å². The van der Waals surface area contributed by atoms with Crippen molar-refractivity contribution < 1.29 is 0 Å². The molecule has 0 aromatic carbocycles. The lowest BCUT2D eigenvalue weighted by Crippen LogP contribution is -2.08. The molecule has 0 atom stereocenters. The van der Waals surface area contributed by atoms with Crippen molar-refractivity contribution in [2.45, 2.75) is 20.8 Å². The Kier molecular flexibility index (Phi) is 4.03. The third-order valence-corrected chi connectivity index (χ3v) is 2.13. The fourth-order valence-electron chi connectivity index (χ4n) is 0.459. The normalized spacial score (nSPS) is 8.40. The zero-order valence-corrected chi connectivity index (χ0v) is 7.75. The van der Waals surface area contributed by atoms with Gasteiger partial charge in [-0.15, -0.1) is 11.3 Å². The molecule has 10 heavy (non-hydrogen) atoms. The topological polar surface area (TPSA) is 28.8 Å². The SMILES string of the molecule is CC.Cc1csc(=N)n1C. The van der Waals surface area contributed by atoms with Crippen molar-refractivity contribution in [2.24, 2.45) is 7.05 Å². The monoisotopic (exact) mass is 158 g/mol. The van der Waals surface area contributed by atoms with Gasteiger partial charge in [0.25, 0.3) is 0 Å². The molecule has 58 valence electrons. The van der Waals surface area contributed by atoms with E-state index < -0.39 is 0 Å². The van der Waals surface area contributed by atoms with E-state index in [2.05, 4.69) is 0 Å². The smallest absolute Gasteiger partial charge is 0.181 e. The Morgan fingerprint density at radius 1 is 1.50 bits per heavy atom. The molecule has 0 saturated heterocycles. The van der Waals surface area contributed by atoms with Gasteiger partial charge in [-0.2, -0.15) is 0 Å². The minimum atomic E-state index is 0.613. The first-order valence-corrected chi connectivity index (χ1v) is 4.25. The summed E-state index contributed by atoms with van der Waals surface area (Å²) in [5, 5.41) is 9.20. The summed E-state index contributed by atoms with van der Waals surface area (Å²) < 4.78 is 1.85. The summed E-state index contributed by atoms with van der Waals surface area (Å²) in [7, 11) is 1.90. The molecule has 3 heteroatoms. The van der Waals surface area contributed by atoms with Gasteiger partial charge in [0.05, 0.1) is 0 Å². The molecule has 0 fully saturated rings. The number of aromatic nitrogens is 1. The van der Waals surface area contributed by atoms with Crippen LogP contribution in [0.5, 0.6) is 0 Å². The van der Waals surface area contributed by atoms with Crippen LogP contribution < -0.4 is 4.80 Å². The van der Waals surface area contributed by atoms with Crippen LogP contribution >= 0.6 is 11.3 Å². The molecule has 0 aliphatic carbocycles. The average molecular weight is 158 g/mol. The number of rotatable bonds is 0. The van der Waals surface area contributed by atoms with Gasteiger partial charge in [-0.3, -0.25) is 5.41 Å². The third kappa shape index (κ3) is 1.99. The molecule has 0 saturated carbocycles. The number of nitrogens with one attached hydrogen (secondary N) is 1. The van der Waals surface area contributed by atoms with Crippen molar-refractivity contribution in [1.82, 2.24) is 4.57 Å². The van der Waals surface area contributed by atoms with Crippen molar-refractivity contribution in [1.29, 1.82) is 5.41 Å². The minimum absolute atomic E-state index is 0.613. The summed E-state index contributed by atoms with van der Waals surface area (Å²) in [6, 6.07) is 0. The lowest BCUT2D eigenvalue weighted by atomic mass is 10.6. The Hall–Kier alpha value is -0.570. The van der Waals surface area contributed by atoms with Crippen molar-refractivity contribution in [3.63, 3.8) is 0 Å². The number of hydrogen-bond donors (Lipinski definition) is 1. The average Bonchev–Trinajstić information content (AvgIpc) is 2.25. The Morgan fingerprint density at radius 2 is 2.00 bits per heavy atom. The number of nitrogens with zero attached hydrogens (tertiary/aromatic N) is 1. The standard InChI is InChI=1S/C5H8N2S.C2H6/c1-4-3-8-5(6)7(4)2;1-2/h3,6H,1-2H3;1-2H3. The van der Waals surface area contributed by atoms with E-state index in [0.29, 0.717) is 4.80 Å². The summed E-state index contributed by atoms with van der Waals surface area (Å²) in [4.78, 5) is 0.613. The molecule has 0 aliphatic heterocycles. The summed E-state index contributed by atoms with van der Waals surface area (Å²) in [6.45, 7) is 5.99. The van der Waals surface area contributed by atoms with Crippen LogP contribution in [-0.2, 0) is 7.05 Å². The van der Waals surface area contributed by atoms with Crippen molar-refractivity contribution >= 4 is 11.3 Å². The van der Waals surface area contributed by atoms with Crippen molar-refractivity contribution in [2.75, 3.05) is 0 Å². The second-order valence-corrected chi connectivity index (χ2v) is 2.60. The van der Waals surface area contributed by atoms with Crippen LogP contribution in [0.2, 0.25) is 0 Å². The van der Waals surface area contributed by atoms with E-state index in [1.807, 2.05) is 37.8 Å². The number of aryl methyl sites for hydroxylation is 1. The van der Waals surface area contributed by atoms with E-state index in [0.717, 1.165) is 5.69 Å². The molecule has 0 amide bonds. The second-order valence-electron chi connectivity index (χ2n) is 1.74.